The largest absolute Gasteiger partial charge is 0.497 e. The van der Waals surface area contributed by atoms with Crippen molar-refractivity contribution in [2.45, 2.75) is 0 Å². The van der Waals surface area contributed by atoms with Crippen molar-refractivity contribution in [2.24, 2.45) is 0 Å². The number of rotatable bonds is 5. The Balaban J connectivity index is 1.72. The van der Waals surface area contributed by atoms with Crippen LogP contribution in [0.4, 0.5) is 0 Å². The van der Waals surface area contributed by atoms with Gasteiger partial charge in [-0.25, -0.2) is 0 Å². The Morgan fingerprint density at radius 2 is 1.70 bits per heavy atom. The summed E-state index contributed by atoms with van der Waals surface area (Å²) in [4.78, 5) is 12.1. The predicted molar refractivity (Wildman–Crippen MR) is 90.5 cm³/mol. The summed E-state index contributed by atoms with van der Waals surface area (Å²) in [6, 6.07) is 20.6. The molecule has 0 atom stereocenters. The smallest absolute Gasteiger partial charge is 0.185 e. The van der Waals surface area contributed by atoms with Crippen LogP contribution in [-0.2, 0) is 0 Å². The van der Waals surface area contributed by atoms with E-state index >= 15 is 0 Å². The first-order chi connectivity index (χ1) is 11.3. The fourth-order valence-corrected chi connectivity index (χ4v) is 2.21. The Labute approximate surface area is 134 Å². The van der Waals surface area contributed by atoms with Gasteiger partial charge in [0.05, 0.1) is 7.11 Å². The third-order valence-corrected chi connectivity index (χ3v) is 3.46. The molecule has 2 aromatic carbocycles. The van der Waals surface area contributed by atoms with Crippen LogP contribution in [0.1, 0.15) is 16.1 Å². The summed E-state index contributed by atoms with van der Waals surface area (Å²) in [6.45, 7) is 0. The van der Waals surface area contributed by atoms with Crippen molar-refractivity contribution >= 4 is 11.9 Å². The molecule has 3 aromatic rings. The monoisotopic (exact) mass is 304 g/mol. The molecular formula is C20H16O3. The highest BCUT2D eigenvalue weighted by molar-refractivity contribution is 6.06. The van der Waals surface area contributed by atoms with E-state index in [2.05, 4.69) is 0 Å². The second-order valence-electron chi connectivity index (χ2n) is 4.99. The van der Waals surface area contributed by atoms with Crippen molar-refractivity contribution in [3.05, 3.63) is 84.1 Å². The van der Waals surface area contributed by atoms with Crippen LogP contribution >= 0.6 is 0 Å². The zero-order valence-electron chi connectivity index (χ0n) is 12.7. The number of benzene rings is 2. The van der Waals surface area contributed by atoms with Crippen LogP contribution in [0.3, 0.4) is 0 Å². The van der Waals surface area contributed by atoms with Crippen LogP contribution < -0.4 is 4.74 Å². The number of allylic oxidation sites excluding steroid dienone is 1. The lowest BCUT2D eigenvalue weighted by molar-refractivity contribution is 0.104. The van der Waals surface area contributed by atoms with Crippen LogP contribution in [0.25, 0.3) is 17.4 Å². The molecule has 0 aliphatic heterocycles. The van der Waals surface area contributed by atoms with E-state index in [-0.39, 0.29) is 5.78 Å². The number of furan rings is 1. The van der Waals surface area contributed by atoms with E-state index in [4.69, 9.17) is 9.15 Å². The first-order valence-electron chi connectivity index (χ1n) is 7.28. The third kappa shape index (κ3) is 3.58. The average Bonchev–Trinajstić information content (AvgIpc) is 3.09. The molecule has 3 heteroatoms. The Bertz CT molecular complexity index is 812. The van der Waals surface area contributed by atoms with E-state index in [1.807, 2.05) is 42.5 Å². The lowest BCUT2D eigenvalue weighted by atomic mass is 10.1. The molecule has 0 fully saturated rings. The summed E-state index contributed by atoms with van der Waals surface area (Å²) < 4.78 is 10.8. The number of hydrogen-bond donors (Lipinski definition) is 0. The van der Waals surface area contributed by atoms with Crippen LogP contribution in [0, 0.1) is 0 Å². The van der Waals surface area contributed by atoms with Gasteiger partial charge in [0.2, 0.25) is 0 Å². The fraction of sp³-hybridized carbons (Fsp3) is 0.0500. The molecule has 0 aliphatic rings. The van der Waals surface area contributed by atoms with Gasteiger partial charge >= 0.3 is 0 Å². The summed E-state index contributed by atoms with van der Waals surface area (Å²) in [5, 5.41) is 0. The minimum atomic E-state index is -0.0784. The van der Waals surface area contributed by atoms with E-state index in [1.54, 1.807) is 37.5 Å². The van der Waals surface area contributed by atoms with Crippen molar-refractivity contribution in [2.75, 3.05) is 7.11 Å². The van der Waals surface area contributed by atoms with Gasteiger partial charge in [0.25, 0.3) is 0 Å². The van der Waals surface area contributed by atoms with E-state index in [9.17, 15) is 4.79 Å². The molecule has 114 valence electrons. The van der Waals surface area contributed by atoms with Gasteiger partial charge < -0.3 is 9.15 Å². The highest BCUT2D eigenvalue weighted by atomic mass is 16.5. The topological polar surface area (TPSA) is 39.4 Å². The molecule has 0 radical (unpaired) electrons. The number of ether oxygens (including phenoxy) is 1. The van der Waals surface area contributed by atoms with Gasteiger partial charge in [0.15, 0.2) is 5.78 Å². The van der Waals surface area contributed by atoms with E-state index in [0.29, 0.717) is 11.3 Å². The molecule has 0 bridgehead atoms. The summed E-state index contributed by atoms with van der Waals surface area (Å²) in [6.07, 6.45) is 3.19. The molecule has 0 N–H and O–H groups in total. The lowest BCUT2D eigenvalue weighted by Crippen LogP contribution is -1.93. The SMILES string of the molecule is COc1ccc(C(=O)/C=C/c2ccc(-c3ccccc3)o2)cc1. The normalized spacial score (nSPS) is 10.8. The van der Waals surface area contributed by atoms with Crippen molar-refractivity contribution < 1.29 is 13.9 Å². The molecule has 0 aliphatic carbocycles. The van der Waals surface area contributed by atoms with E-state index < -0.39 is 0 Å². The maximum atomic E-state index is 12.1. The lowest BCUT2D eigenvalue weighted by Gasteiger charge is -1.99. The second-order valence-corrected chi connectivity index (χ2v) is 4.99. The summed E-state index contributed by atoms with van der Waals surface area (Å²) in [5.41, 5.74) is 1.62. The Kier molecular flexibility index (Phi) is 4.39. The number of hydrogen-bond acceptors (Lipinski definition) is 3. The van der Waals surface area contributed by atoms with Crippen LogP contribution in [0.2, 0.25) is 0 Å². The van der Waals surface area contributed by atoms with Gasteiger partial charge in [-0.2, -0.15) is 0 Å². The van der Waals surface area contributed by atoms with Crippen molar-refractivity contribution in [1.29, 1.82) is 0 Å². The molecule has 0 amide bonds. The highest BCUT2D eigenvalue weighted by Crippen LogP contribution is 2.22. The standard InChI is InChI=1S/C20H16O3/c1-22-17-9-7-15(8-10-17)19(21)13-11-18-12-14-20(23-18)16-5-3-2-4-6-16/h2-14H,1H3/b13-11+. The van der Waals surface area contributed by atoms with E-state index in [0.717, 1.165) is 17.1 Å². The Morgan fingerprint density at radius 3 is 2.39 bits per heavy atom. The van der Waals surface area contributed by atoms with Crippen molar-refractivity contribution in [3.8, 4) is 17.1 Å². The number of ketones is 1. The van der Waals surface area contributed by atoms with Gasteiger partial charge in [0.1, 0.15) is 17.3 Å². The van der Waals surface area contributed by atoms with Gasteiger partial charge in [-0.05, 0) is 48.6 Å². The Hall–Kier alpha value is -3.07. The molecule has 0 spiro atoms. The van der Waals surface area contributed by atoms with E-state index in [1.165, 1.54) is 6.08 Å². The second kappa shape index (κ2) is 6.79. The predicted octanol–water partition coefficient (Wildman–Crippen LogP) is 4.85. The highest BCUT2D eigenvalue weighted by Gasteiger charge is 2.04. The van der Waals surface area contributed by atoms with Crippen molar-refractivity contribution in [3.63, 3.8) is 0 Å². The maximum absolute atomic E-state index is 12.1. The van der Waals surface area contributed by atoms with Gasteiger partial charge in [-0.1, -0.05) is 30.3 Å². The summed E-state index contributed by atoms with van der Waals surface area (Å²) in [7, 11) is 1.60. The quantitative estimate of drug-likeness (QED) is 0.499. The first-order valence-corrected chi connectivity index (χ1v) is 7.28. The maximum Gasteiger partial charge on any atom is 0.185 e. The molecule has 23 heavy (non-hydrogen) atoms. The van der Waals surface area contributed by atoms with Crippen LogP contribution in [0.15, 0.2) is 77.2 Å². The average molecular weight is 304 g/mol. The molecule has 0 saturated carbocycles. The zero-order valence-corrected chi connectivity index (χ0v) is 12.7. The first kappa shape index (κ1) is 14.9. The fourth-order valence-electron chi connectivity index (χ4n) is 2.21. The summed E-state index contributed by atoms with van der Waals surface area (Å²) in [5.74, 6) is 2.07. The third-order valence-electron chi connectivity index (χ3n) is 3.46. The van der Waals surface area contributed by atoms with Gasteiger partial charge in [0, 0.05) is 11.1 Å². The molecule has 1 aromatic heterocycles. The van der Waals surface area contributed by atoms with Crippen LogP contribution in [0.5, 0.6) is 5.75 Å². The minimum Gasteiger partial charge on any atom is -0.497 e. The minimum absolute atomic E-state index is 0.0784. The Morgan fingerprint density at radius 1 is 0.957 bits per heavy atom. The molecule has 3 rings (SSSR count). The molecular weight excluding hydrogens is 288 g/mol. The van der Waals surface area contributed by atoms with Crippen molar-refractivity contribution in [1.82, 2.24) is 0 Å². The number of carbonyl (C=O) groups is 1. The molecule has 0 saturated heterocycles. The summed E-state index contributed by atoms with van der Waals surface area (Å²) >= 11 is 0. The van der Waals surface area contributed by atoms with Crippen LogP contribution in [-0.4, -0.2) is 12.9 Å². The van der Waals surface area contributed by atoms with Gasteiger partial charge in [-0.15, -0.1) is 0 Å². The molecule has 3 nitrogen and oxygen atoms in total. The van der Waals surface area contributed by atoms with Gasteiger partial charge in [-0.3, -0.25) is 4.79 Å². The zero-order chi connectivity index (χ0) is 16.1. The number of methoxy groups -OCH3 is 1. The molecule has 0 unspecified atom stereocenters. The number of carbonyl (C=O) groups excluding carboxylic acids is 1. The molecule has 1 heterocycles.